The van der Waals surface area contributed by atoms with Crippen LogP contribution in [0.1, 0.15) is 35.9 Å². The molecule has 2 aromatic rings. The number of rotatable bonds is 2. The number of benzene rings is 1. The van der Waals surface area contributed by atoms with Gasteiger partial charge in [-0.25, -0.2) is 4.98 Å². The molecule has 0 fully saturated rings. The molecule has 0 spiro atoms. The molecule has 19 heavy (non-hydrogen) atoms. The molecule has 5 nitrogen and oxygen atoms in total. The Kier molecular flexibility index (Phi) is 3.22. The summed E-state index contributed by atoms with van der Waals surface area (Å²) in [5.41, 5.74) is 1.78. The molecule has 0 aliphatic carbocycles. The second-order valence-corrected chi connectivity index (χ2v) is 5.25. The lowest BCUT2D eigenvalue weighted by molar-refractivity contribution is 0.0827. The van der Waals surface area contributed by atoms with Crippen LogP contribution in [0.25, 0.3) is 11.0 Å². The Balaban J connectivity index is 2.69. The average Bonchev–Trinajstić information content (AvgIpc) is 2.66. The minimum atomic E-state index is -0.135. The van der Waals surface area contributed by atoms with Crippen molar-refractivity contribution in [3.63, 3.8) is 0 Å². The molecule has 1 aromatic carbocycles. The lowest BCUT2D eigenvalue weighted by Gasteiger charge is -2.11. The fourth-order valence-electron chi connectivity index (χ4n) is 2.19. The average molecular weight is 261 g/mol. The molecular weight excluding hydrogens is 242 g/mol. The van der Waals surface area contributed by atoms with Crippen molar-refractivity contribution < 1.29 is 9.90 Å². The van der Waals surface area contributed by atoms with Crippen molar-refractivity contribution >= 4 is 16.9 Å². The molecule has 0 unspecified atom stereocenters. The fourth-order valence-corrected chi connectivity index (χ4v) is 2.19. The highest BCUT2D eigenvalue weighted by molar-refractivity contribution is 5.99. The van der Waals surface area contributed by atoms with E-state index in [2.05, 4.69) is 4.98 Å². The molecule has 0 aliphatic rings. The smallest absolute Gasteiger partial charge is 0.253 e. The normalized spacial score (nSPS) is 11.3. The van der Waals surface area contributed by atoms with Gasteiger partial charge < -0.3 is 14.6 Å². The van der Waals surface area contributed by atoms with Crippen LogP contribution in [-0.4, -0.2) is 39.6 Å². The van der Waals surface area contributed by atoms with Gasteiger partial charge in [0.15, 0.2) is 0 Å². The van der Waals surface area contributed by atoms with Crippen molar-refractivity contribution in [3.05, 3.63) is 23.5 Å². The number of fused-ring (bicyclic) bond motifs is 1. The first-order chi connectivity index (χ1) is 8.82. The second kappa shape index (κ2) is 4.57. The molecule has 0 saturated heterocycles. The van der Waals surface area contributed by atoms with Crippen LogP contribution in [0.4, 0.5) is 0 Å². The standard InChI is InChI=1S/C14H19N3O2/c1-8(2)13-15-12-10(17(13)5)6-9(7-11(12)18)14(19)16(3)4/h6-8,18H,1-5H3. The topological polar surface area (TPSA) is 58.4 Å². The molecule has 1 amide bonds. The SMILES string of the molecule is CC(C)c1nc2c(O)cc(C(=O)N(C)C)cc2n1C. The summed E-state index contributed by atoms with van der Waals surface area (Å²) in [6.45, 7) is 4.09. The monoisotopic (exact) mass is 261 g/mol. The largest absolute Gasteiger partial charge is 0.506 e. The van der Waals surface area contributed by atoms with E-state index < -0.39 is 0 Å². The third-order valence-electron chi connectivity index (χ3n) is 3.17. The summed E-state index contributed by atoms with van der Waals surface area (Å²) in [6, 6.07) is 3.25. The van der Waals surface area contributed by atoms with Crippen molar-refractivity contribution in [1.29, 1.82) is 0 Å². The van der Waals surface area contributed by atoms with Crippen molar-refractivity contribution in [2.45, 2.75) is 19.8 Å². The van der Waals surface area contributed by atoms with Crippen molar-refractivity contribution in [3.8, 4) is 5.75 Å². The second-order valence-electron chi connectivity index (χ2n) is 5.25. The molecule has 102 valence electrons. The summed E-state index contributed by atoms with van der Waals surface area (Å²) in [4.78, 5) is 17.9. The van der Waals surface area contributed by atoms with Crippen LogP contribution in [0, 0.1) is 0 Å². The van der Waals surface area contributed by atoms with E-state index >= 15 is 0 Å². The van der Waals surface area contributed by atoms with Gasteiger partial charge in [-0.2, -0.15) is 0 Å². The molecule has 0 saturated carbocycles. The number of aromatic hydroxyl groups is 1. The first-order valence-corrected chi connectivity index (χ1v) is 6.24. The number of aromatic nitrogens is 2. The van der Waals surface area contributed by atoms with Crippen LogP contribution in [-0.2, 0) is 7.05 Å². The summed E-state index contributed by atoms with van der Waals surface area (Å²) in [6.07, 6.45) is 0. The molecule has 1 N–H and O–H groups in total. The van der Waals surface area contributed by atoms with E-state index in [0.29, 0.717) is 11.1 Å². The van der Waals surface area contributed by atoms with Crippen molar-refractivity contribution in [2.24, 2.45) is 7.05 Å². The van der Waals surface area contributed by atoms with E-state index in [4.69, 9.17) is 0 Å². The Bertz CT molecular complexity index is 642. The van der Waals surface area contributed by atoms with Gasteiger partial charge in [-0.05, 0) is 12.1 Å². The Hall–Kier alpha value is -2.04. The summed E-state index contributed by atoms with van der Waals surface area (Å²) < 4.78 is 1.92. The van der Waals surface area contributed by atoms with Gasteiger partial charge in [0.25, 0.3) is 5.91 Å². The minimum Gasteiger partial charge on any atom is -0.506 e. The summed E-state index contributed by atoms with van der Waals surface area (Å²) in [5, 5.41) is 10.1. The van der Waals surface area contributed by atoms with Crippen molar-refractivity contribution in [1.82, 2.24) is 14.5 Å². The number of amides is 1. The fraction of sp³-hybridized carbons (Fsp3) is 0.429. The van der Waals surface area contributed by atoms with Crippen LogP contribution >= 0.6 is 0 Å². The van der Waals surface area contributed by atoms with Crippen LogP contribution in [0.2, 0.25) is 0 Å². The highest BCUT2D eigenvalue weighted by Crippen LogP contribution is 2.29. The molecule has 1 aromatic heterocycles. The maximum absolute atomic E-state index is 12.0. The zero-order chi connectivity index (χ0) is 14.3. The van der Waals surface area contributed by atoms with Gasteiger partial charge in [0.2, 0.25) is 0 Å². The first-order valence-electron chi connectivity index (χ1n) is 6.24. The predicted octanol–water partition coefficient (Wildman–Crippen LogP) is 2.10. The summed E-state index contributed by atoms with van der Waals surface area (Å²) in [5.74, 6) is 1.05. The molecule has 1 heterocycles. The summed E-state index contributed by atoms with van der Waals surface area (Å²) >= 11 is 0. The third kappa shape index (κ3) is 2.16. The van der Waals surface area contributed by atoms with E-state index in [0.717, 1.165) is 11.3 Å². The molecule has 0 atom stereocenters. The van der Waals surface area contributed by atoms with E-state index in [-0.39, 0.29) is 17.6 Å². The Labute approximate surface area is 112 Å². The minimum absolute atomic E-state index is 0.0465. The molecule has 0 radical (unpaired) electrons. The maximum Gasteiger partial charge on any atom is 0.253 e. The van der Waals surface area contributed by atoms with Crippen molar-refractivity contribution in [2.75, 3.05) is 14.1 Å². The van der Waals surface area contributed by atoms with E-state index in [1.54, 1.807) is 20.2 Å². The Morgan fingerprint density at radius 3 is 2.53 bits per heavy atom. The first kappa shape index (κ1) is 13.4. The number of imidazole rings is 1. The van der Waals surface area contributed by atoms with Crippen LogP contribution in [0.5, 0.6) is 5.75 Å². The van der Waals surface area contributed by atoms with E-state index in [1.807, 2.05) is 25.5 Å². The number of hydrogen-bond acceptors (Lipinski definition) is 3. The quantitative estimate of drug-likeness (QED) is 0.900. The molecule has 0 aliphatic heterocycles. The number of phenolic OH excluding ortho intramolecular Hbond substituents is 1. The van der Waals surface area contributed by atoms with Gasteiger partial charge in [-0.3, -0.25) is 4.79 Å². The number of carbonyl (C=O) groups is 1. The van der Waals surface area contributed by atoms with Gasteiger partial charge in [-0.15, -0.1) is 0 Å². The van der Waals surface area contributed by atoms with Gasteiger partial charge in [0, 0.05) is 32.6 Å². The Morgan fingerprint density at radius 1 is 1.37 bits per heavy atom. The number of aryl methyl sites for hydroxylation is 1. The number of carbonyl (C=O) groups excluding carboxylic acids is 1. The van der Waals surface area contributed by atoms with Gasteiger partial charge >= 0.3 is 0 Å². The zero-order valence-electron chi connectivity index (χ0n) is 11.9. The number of phenols is 1. The zero-order valence-corrected chi connectivity index (χ0v) is 11.9. The van der Waals surface area contributed by atoms with E-state index in [9.17, 15) is 9.90 Å². The number of hydrogen-bond donors (Lipinski definition) is 1. The highest BCUT2D eigenvalue weighted by Gasteiger charge is 2.17. The van der Waals surface area contributed by atoms with Crippen LogP contribution in [0.3, 0.4) is 0 Å². The Morgan fingerprint density at radius 2 is 2.00 bits per heavy atom. The maximum atomic E-state index is 12.0. The van der Waals surface area contributed by atoms with Crippen LogP contribution in [0.15, 0.2) is 12.1 Å². The lowest BCUT2D eigenvalue weighted by atomic mass is 10.1. The lowest BCUT2D eigenvalue weighted by Crippen LogP contribution is -2.21. The highest BCUT2D eigenvalue weighted by atomic mass is 16.3. The molecular formula is C14H19N3O2. The van der Waals surface area contributed by atoms with Gasteiger partial charge in [0.1, 0.15) is 17.1 Å². The third-order valence-corrected chi connectivity index (χ3v) is 3.17. The van der Waals surface area contributed by atoms with Crippen LogP contribution < -0.4 is 0 Å². The number of nitrogens with zero attached hydrogens (tertiary/aromatic N) is 3. The molecule has 5 heteroatoms. The predicted molar refractivity (Wildman–Crippen MR) is 74.5 cm³/mol. The van der Waals surface area contributed by atoms with E-state index in [1.165, 1.54) is 11.0 Å². The molecule has 2 rings (SSSR count). The van der Waals surface area contributed by atoms with Gasteiger partial charge in [-0.1, -0.05) is 13.8 Å². The molecule has 0 bridgehead atoms. The van der Waals surface area contributed by atoms with Gasteiger partial charge in [0.05, 0.1) is 5.52 Å². The summed E-state index contributed by atoms with van der Waals surface area (Å²) in [7, 11) is 5.27.